The average molecular weight is 260 g/mol. The molecule has 1 N–H and O–H groups in total. The van der Waals surface area contributed by atoms with Crippen molar-refractivity contribution >= 4 is 5.91 Å². The van der Waals surface area contributed by atoms with Crippen molar-refractivity contribution in [3.8, 4) is 0 Å². The predicted octanol–water partition coefficient (Wildman–Crippen LogP) is 1.02. The van der Waals surface area contributed by atoms with Crippen molar-refractivity contribution in [1.82, 2.24) is 10.2 Å². The van der Waals surface area contributed by atoms with Crippen LogP contribution in [0.3, 0.4) is 0 Å². The molecule has 4 heteroatoms. The molecule has 1 aromatic rings. The summed E-state index contributed by atoms with van der Waals surface area (Å²) in [4.78, 5) is 13.7. The second kappa shape index (κ2) is 5.72. The van der Waals surface area contributed by atoms with Crippen LogP contribution in [-0.4, -0.2) is 43.2 Å². The first kappa shape index (κ1) is 12.6. The molecule has 1 amide bonds. The van der Waals surface area contributed by atoms with Gasteiger partial charge < -0.3 is 10.1 Å². The van der Waals surface area contributed by atoms with Gasteiger partial charge in [0.1, 0.15) is 0 Å². The molecular formula is C15H20N2O2. The van der Waals surface area contributed by atoms with Gasteiger partial charge in [0.25, 0.3) is 0 Å². The number of rotatable bonds is 3. The molecule has 0 spiro atoms. The van der Waals surface area contributed by atoms with Crippen LogP contribution < -0.4 is 5.32 Å². The first-order valence-corrected chi connectivity index (χ1v) is 6.96. The molecule has 0 aliphatic carbocycles. The van der Waals surface area contributed by atoms with Crippen LogP contribution in [-0.2, 0) is 16.1 Å². The van der Waals surface area contributed by atoms with Crippen LogP contribution in [0.5, 0.6) is 0 Å². The molecular weight excluding hydrogens is 240 g/mol. The first-order chi connectivity index (χ1) is 9.31. The zero-order valence-electron chi connectivity index (χ0n) is 11.0. The van der Waals surface area contributed by atoms with E-state index < -0.39 is 0 Å². The molecule has 0 radical (unpaired) electrons. The monoisotopic (exact) mass is 260 g/mol. The predicted molar refractivity (Wildman–Crippen MR) is 72.6 cm³/mol. The third-order valence-corrected chi connectivity index (χ3v) is 3.96. The fourth-order valence-corrected chi connectivity index (χ4v) is 2.89. The largest absolute Gasteiger partial charge is 0.375 e. The molecule has 2 atom stereocenters. The van der Waals surface area contributed by atoms with Gasteiger partial charge in [-0.1, -0.05) is 30.3 Å². The second-order valence-electron chi connectivity index (χ2n) is 5.40. The number of nitrogens with zero attached hydrogens (tertiary/aromatic N) is 1. The Kier molecular flexibility index (Phi) is 3.80. The van der Waals surface area contributed by atoms with Crippen LogP contribution in [0, 0.1) is 5.92 Å². The van der Waals surface area contributed by atoms with Gasteiger partial charge in [-0.25, -0.2) is 0 Å². The van der Waals surface area contributed by atoms with E-state index in [1.165, 1.54) is 5.56 Å². The van der Waals surface area contributed by atoms with Gasteiger partial charge in [0.2, 0.25) is 5.91 Å². The zero-order chi connectivity index (χ0) is 13.1. The van der Waals surface area contributed by atoms with Crippen molar-refractivity contribution in [3.63, 3.8) is 0 Å². The highest BCUT2D eigenvalue weighted by atomic mass is 16.5. The van der Waals surface area contributed by atoms with Gasteiger partial charge in [0, 0.05) is 38.5 Å². The molecule has 3 rings (SSSR count). The minimum Gasteiger partial charge on any atom is -0.375 e. The molecule has 0 bridgehead atoms. The Morgan fingerprint density at radius 2 is 2.16 bits per heavy atom. The van der Waals surface area contributed by atoms with Crippen molar-refractivity contribution in [3.05, 3.63) is 35.9 Å². The average Bonchev–Trinajstić information content (AvgIpc) is 2.87. The summed E-state index contributed by atoms with van der Waals surface area (Å²) in [7, 11) is 0. The summed E-state index contributed by atoms with van der Waals surface area (Å²) in [5, 5.41) is 2.89. The van der Waals surface area contributed by atoms with E-state index in [1.807, 2.05) is 6.07 Å². The standard InChI is InChI=1S/C15H20N2O2/c18-15-8-13(9-16-15)14-11-17(6-7-19-14)10-12-4-2-1-3-5-12/h1-5,13-14H,6-11H2,(H,16,18). The first-order valence-electron chi connectivity index (χ1n) is 6.96. The second-order valence-corrected chi connectivity index (χ2v) is 5.40. The lowest BCUT2D eigenvalue weighted by molar-refractivity contribution is -0.120. The molecule has 0 saturated carbocycles. The number of hydrogen-bond donors (Lipinski definition) is 1. The number of benzene rings is 1. The Bertz CT molecular complexity index is 435. The van der Waals surface area contributed by atoms with E-state index in [2.05, 4.69) is 34.5 Å². The minimum atomic E-state index is 0.161. The fraction of sp³-hybridized carbons (Fsp3) is 0.533. The Labute approximate surface area is 113 Å². The SMILES string of the molecule is O=C1CC(C2CN(Cc3ccccc3)CCO2)CN1. The number of carbonyl (C=O) groups excluding carboxylic acids is 1. The molecule has 1 aromatic carbocycles. The summed E-state index contributed by atoms with van der Waals surface area (Å²) in [6.45, 7) is 4.40. The normalized spacial score (nSPS) is 28.3. The number of carbonyl (C=O) groups is 1. The summed E-state index contributed by atoms with van der Waals surface area (Å²) < 4.78 is 5.84. The van der Waals surface area contributed by atoms with E-state index in [0.29, 0.717) is 12.3 Å². The highest BCUT2D eigenvalue weighted by molar-refractivity contribution is 5.78. The lowest BCUT2D eigenvalue weighted by Crippen LogP contribution is -2.45. The number of hydrogen-bond acceptors (Lipinski definition) is 3. The van der Waals surface area contributed by atoms with E-state index in [4.69, 9.17) is 4.74 Å². The molecule has 0 aromatic heterocycles. The van der Waals surface area contributed by atoms with Gasteiger partial charge in [0.15, 0.2) is 0 Å². The highest BCUT2D eigenvalue weighted by Gasteiger charge is 2.33. The Morgan fingerprint density at radius 3 is 2.89 bits per heavy atom. The summed E-state index contributed by atoms with van der Waals surface area (Å²) in [6, 6.07) is 10.5. The molecule has 19 heavy (non-hydrogen) atoms. The third-order valence-electron chi connectivity index (χ3n) is 3.96. The Balaban J connectivity index is 1.57. The fourth-order valence-electron chi connectivity index (χ4n) is 2.89. The van der Waals surface area contributed by atoms with Crippen LogP contribution in [0.4, 0.5) is 0 Å². The summed E-state index contributed by atoms with van der Waals surface area (Å²) in [6.07, 6.45) is 0.806. The van der Waals surface area contributed by atoms with Crippen LogP contribution in [0.2, 0.25) is 0 Å². The number of amides is 1. The third kappa shape index (κ3) is 3.14. The molecule has 2 aliphatic rings. The van der Waals surface area contributed by atoms with Crippen molar-refractivity contribution in [2.75, 3.05) is 26.2 Å². The quantitative estimate of drug-likeness (QED) is 0.882. The van der Waals surface area contributed by atoms with E-state index in [0.717, 1.165) is 32.8 Å². The minimum absolute atomic E-state index is 0.161. The van der Waals surface area contributed by atoms with Crippen LogP contribution in [0.15, 0.2) is 30.3 Å². The van der Waals surface area contributed by atoms with Crippen molar-refractivity contribution in [1.29, 1.82) is 0 Å². The number of ether oxygens (including phenoxy) is 1. The van der Waals surface area contributed by atoms with Gasteiger partial charge in [0.05, 0.1) is 12.7 Å². The Hall–Kier alpha value is -1.39. The molecule has 4 nitrogen and oxygen atoms in total. The molecule has 2 saturated heterocycles. The van der Waals surface area contributed by atoms with Crippen molar-refractivity contribution in [2.45, 2.75) is 19.1 Å². The van der Waals surface area contributed by atoms with Gasteiger partial charge in [-0.3, -0.25) is 9.69 Å². The topological polar surface area (TPSA) is 41.6 Å². The zero-order valence-corrected chi connectivity index (χ0v) is 11.0. The van der Waals surface area contributed by atoms with E-state index in [1.54, 1.807) is 0 Å². The van der Waals surface area contributed by atoms with Crippen molar-refractivity contribution < 1.29 is 9.53 Å². The lowest BCUT2D eigenvalue weighted by Gasteiger charge is -2.35. The van der Waals surface area contributed by atoms with Crippen LogP contribution >= 0.6 is 0 Å². The van der Waals surface area contributed by atoms with Crippen molar-refractivity contribution in [2.24, 2.45) is 5.92 Å². The van der Waals surface area contributed by atoms with Gasteiger partial charge >= 0.3 is 0 Å². The van der Waals surface area contributed by atoms with E-state index in [9.17, 15) is 4.79 Å². The maximum Gasteiger partial charge on any atom is 0.220 e. The molecule has 2 fully saturated rings. The molecule has 2 heterocycles. The maximum atomic E-state index is 11.3. The van der Waals surface area contributed by atoms with Crippen LogP contribution in [0.25, 0.3) is 0 Å². The lowest BCUT2D eigenvalue weighted by atomic mass is 9.99. The summed E-state index contributed by atoms with van der Waals surface area (Å²) >= 11 is 0. The van der Waals surface area contributed by atoms with Gasteiger partial charge in [-0.05, 0) is 5.56 Å². The van der Waals surface area contributed by atoms with E-state index >= 15 is 0 Å². The van der Waals surface area contributed by atoms with Gasteiger partial charge in [-0.2, -0.15) is 0 Å². The van der Waals surface area contributed by atoms with Crippen LogP contribution in [0.1, 0.15) is 12.0 Å². The summed E-state index contributed by atoms with van der Waals surface area (Å²) in [5.41, 5.74) is 1.34. The number of morpholine rings is 1. The highest BCUT2D eigenvalue weighted by Crippen LogP contribution is 2.21. The summed E-state index contributed by atoms with van der Waals surface area (Å²) in [5.74, 6) is 0.500. The van der Waals surface area contributed by atoms with Gasteiger partial charge in [-0.15, -0.1) is 0 Å². The number of nitrogens with one attached hydrogen (secondary N) is 1. The molecule has 2 unspecified atom stereocenters. The molecule has 2 aliphatic heterocycles. The maximum absolute atomic E-state index is 11.3. The van der Waals surface area contributed by atoms with E-state index in [-0.39, 0.29) is 12.0 Å². The Morgan fingerprint density at radius 1 is 1.32 bits per heavy atom. The molecule has 102 valence electrons. The smallest absolute Gasteiger partial charge is 0.220 e.